The molecule has 0 saturated heterocycles. The Kier molecular flexibility index (Phi) is 5.91. The Bertz CT molecular complexity index is 737. The first-order valence-corrected chi connectivity index (χ1v) is 9.03. The number of halogens is 1. The molecular weight excluding hydrogens is 364 g/mol. The zero-order chi connectivity index (χ0) is 16.6. The predicted octanol–water partition coefficient (Wildman–Crippen LogP) is 5.71. The zero-order valence-electron chi connectivity index (χ0n) is 13.3. The van der Waals surface area contributed by atoms with Crippen LogP contribution in [-0.2, 0) is 6.61 Å². The Morgan fingerprint density at radius 2 is 1.21 bits per heavy atom. The molecule has 0 unspecified atom stereocenters. The highest BCUT2D eigenvalue weighted by Gasteiger charge is 2.00. The Hall–Kier alpha value is -2.26. The minimum absolute atomic E-state index is 0.552. The fourth-order valence-corrected chi connectivity index (χ4v) is 2.54. The third kappa shape index (κ3) is 4.62. The summed E-state index contributed by atoms with van der Waals surface area (Å²) in [6.45, 7) is 1.21. The summed E-state index contributed by atoms with van der Waals surface area (Å²) in [5.74, 6) is 1.70. The van der Waals surface area contributed by atoms with E-state index in [2.05, 4.69) is 64.5 Å². The summed E-state index contributed by atoms with van der Waals surface area (Å²) >= 11 is 3.34. The standard InChI is InChI=1S/C21H19BrO2/c22-14-15-23-20-10-12-21(13-11-20)24-16-17-6-8-19(9-7-17)18-4-2-1-3-5-18/h1-13H,14-16H2. The van der Waals surface area contributed by atoms with E-state index in [1.807, 2.05) is 30.3 Å². The van der Waals surface area contributed by atoms with Crippen molar-refractivity contribution in [3.8, 4) is 22.6 Å². The molecule has 24 heavy (non-hydrogen) atoms. The fourth-order valence-electron chi connectivity index (χ4n) is 2.38. The summed E-state index contributed by atoms with van der Waals surface area (Å²) in [4.78, 5) is 0. The summed E-state index contributed by atoms with van der Waals surface area (Å²) in [6.07, 6.45) is 0. The van der Waals surface area contributed by atoms with Gasteiger partial charge in [0.1, 0.15) is 18.1 Å². The van der Waals surface area contributed by atoms with Gasteiger partial charge >= 0.3 is 0 Å². The molecule has 3 aromatic rings. The van der Waals surface area contributed by atoms with Gasteiger partial charge in [-0.2, -0.15) is 0 Å². The van der Waals surface area contributed by atoms with Crippen LogP contribution in [0.3, 0.4) is 0 Å². The number of hydrogen-bond donors (Lipinski definition) is 0. The van der Waals surface area contributed by atoms with Gasteiger partial charge in [0, 0.05) is 5.33 Å². The van der Waals surface area contributed by atoms with E-state index in [-0.39, 0.29) is 0 Å². The second-order valence-corrected chi connectivity index (χ2v) is 6.15. The van der Waals surface area contributed by atoms with Crippen molar-refractivity contribution in [3.63, 3.8) is 0 Å². The quantitative estimate of drug-likeness (QED) is 0.487. The fraction of sp³-hybridized carbons (Fsp3) is 0.143. The molecule has 0 aromatic heterocycles. The van der Waals surface area contributed by atoms with Gasteiger partial charge in [0.05, 0.1) is 6.61 Å². The lowest BCUT2D eigenvalue weighted by atomic mass is 10.0. The molecule has 3 rings (SSSR count). The predicted molar refractivity (Wildman–Crippen MR) is 102 cm³/mol. The van der Waals surface area contributed by atoms with Crippen LogP contribution in [0.1, 0.15) is 5.56 Å². The molecule has 0 atom stereocenters. The SMILES string of the molecule is BrCCOc1ccc(OCc2ccc(-c3ccccc3)cc2)cc1. The smallest absolute Gasteiger partial charge is 0.120 e. The topological polar surface area (TPSA) is 18.5 Å². The number of alkyl halides is 1. The first-order valence-electron chi connectivity index (χ1n) is 7.91. The molecule has 0 bridgehead atoms. The lowest BCUT2D eigenvalue weighted by Crippen LogP contribution is -1.98. The Morgan fingerprint density at radius 3 is 1.83 bits per heavy atom. The first-order chi connectivity index (χ1) is 11.8. The molecule has 0 spiro atoms. The molecule has 0 amide bonds. The maximum absolute atomic E-state index is 5.83. The van der Waals surface area contributed by atoms with Crippen LogP contribution in [0.2, 0.25) is 0 Å². The van der Waals surface area contributed by atoms with Crippen molar-refractivity contribution in [2.45, 2.75) is 6.61 Å². The van der Waals surface area contributed by atoms with Crippen LogP contribution in [0.15, 0.2) is 78.9 Å². The van der Waals surface area contributed by atoms with Gasteiger partial charge in [0.25, 0.3) is 0 Å². The van der Waals surface area contributed by atoms with Crippen molar-refractivity contribution in [2.24, 2.45) is 0 Å². The molecule has 0 saturated carbocycles. The zero-order valence-corrected chi connectivity index (χ0v) is 14.9. The van der Waals surface area contributed by atoms with E-state index in [9.17, 15) is 0 Å². The van der Waals surface area contributed by atoms with Crippen molar-refractivity contribution in [1.29, 1.82) is 0 Å². The average molecular weight is 383 g/mol. The van der Waals surface area contributed by atoms with Gasteiger partial charge in [-0.15, -0.1) is 0 Å². The third-order valence-electron chi connectivity index (χ3n) is 3.64. The molecule has 0 N–H and O–H groups in total. The highest BCUT2D eigenvalue weighted by atomic mass is 79.9. The normalized spacial score (nSPS) is 10.4. The molecule has 0 fully saturated rings. The number of benzene rings is 3. The van der Waals surface area contributed by atoms with E-state index >= 15 is 0 Å². The van der Waals surface area contributed by atoms with Gasteiger partial charge in [-0.3, -0.25) is 0 Å². The van der Waals surface area contributed by atoms with E-state index in [4.69, 9.17) is 9.47 Å². The molecule has 0 aliphatic carbocycles. The van der Waals surface area contributed by atoms with Crippen LogP contribution >= 0.6 is 15.9 Å². The van der Waals surface area contributed by atoms with Crippen LogP contribution in [0.4, 0.5) is 0 Å². The largest absolute Gasteiger partial charge is 0.493 e. The van der Waals surface area contributed by atoms with Crippen LogP contribution in [0, 0.1) is 0 Å². The van der Waals surface area contributed by atoms with Crippen LogP contribution in [0.5, 0.6) is 11.5 Å². The van der Waals surface area contributed by atoms with Gasteiger partial charge in [-0.25, -0.2) is 0 Å². The van der Waals surface area contributed by atoms with Gasteiger partial charge in [-0.1, -0.05) is 70.5 Å². The summed E-state index contributed by atoms with van der Waals surface area (Å²) in [5.41, 5.74) is 3.59. The monoisotopic (exact) mass is 382 g/mol. The Labute approximate surface area is 151 Å². The molecule has 0 heterocycles. The lowest BCUT2D eigenvalue weighted by Gasteiger charge is -2.09. The minimum atomic E-state index is 0.552. The maximum Gasteiger partial charge on any atom is 0.120 e. The maximum atomic E-state index is 5.83. The first kappa shape index (κ1) is 16.6. The number of rotatable bonds is 7. The average Bonchev–Trinajstić information content (AvgIpc) is 2.67. The highest BCUT2D eigenvalue weighted by molar-refractivity contribution is 9.09. The van der Waals surface area contributed by atoms with Crippen LogP contribution < -0.4 is 9.47 Å². The van der Waals surface area contributed by atoms with E-state index in [0.717, 1.165) is 22.4 Å². The summed E-state index contributed by atoms with van der Waals surface area (Å²) < 4.78 is 11.4. The van der Waals surface area contributed by atoms with E-state index in [0.29, 0.717) is 13.2 Å². The van der Waals surface area contributed by atoms with Crippen molar-refractivity contribution < 1.29 is 9.47 Å². The molecule has 0 radical (unpaired) electrons. The molecule has 0 aliphatic heterocycles. The van der Waals surface area contributed by atoms with Crippen LogP contribution in [-0.4, -0.2) is 11.9 Å². The van der Waals surface area contributed by atoms with E-state index in [1.165, 1.54) is 11.1 Å². The van der Waals surface area contributed by atoms with E-state index in [1.54, 1.807) is 0 Å². The molecule has 3 aromatic carbocycles. The Balaban J connectivity index is 1.57. The number of hydrogen-bond acceptors (Lipinski definition) is 2. The van der Waals surface area contributed by atoms with Gasteiger partial charge < -0.3 is 9.47 Å². The summed E-state index contributed by atoms with van der Waals surface area (Å²) in [5, 5.41) is 0.824. The lowest BCUT2D eigenvalue weighted by molar-refractivity contribution is 0.304. The summed E-state index contributed by atoms with van der Waals surface area (Å²) in [7, 11) is 0. The molecule has 0 aliphatic rings. The molecule has 3 heteroatoms. The summed E-state index contributed by atoms with van der Waals surface area (Å²) in [6, 6.07) is 26.6. The molecular formula is C21H19BrO2. The van der Waals surface area contributed by atoms with Crippen molar-refractivity contribution >= 4 is 15.9 Å². The van der Waals surface area contributed by atoms with Crippen molar-refractivity contribution in [2.75, 3.05) is 11.9 Å². The molecule has 122 valence electrons. The highest BCUT2D eigenvalue weighted by Crippen LogP contribution is 2.21. The second-order valence-electron chi connectivity index (χ2n) is 5.36. The van der Waals surface area contributed by atoms with Crippen molar-refractivity contribution in [3.05, 3.63) is 84.4 Å². The van der Waals surface area contributed by atoms with Gasteiger partial charge in [-0.05, 0) is 41.0 Å². The minimum Gasteiger partial charge on any atom is -0.493 e. The third-order valence-corrected chi connectivity index (χ3v) is 3.96. The molecule has 2 nitrogen and oxygen atoms in total. The van der Waals surface area contributed by atoms with Crippen LogP contribution in [0.25, 0.3) is 11.1 Å². The Morgan fingerprint density at radius 1 is 0.625 bits per heavy atom. The van der Waals surface area contributed by atoms with Gasteiger partial charge in [0.2, 0.25) is 0 Å². The van der Waals surface area contributed by atoms with E-state index < -0.39 is 0 Å². The van der Waals surface area contributed by atoms with Crippen molar-refractivity contribution in [1.82, 2.24) is 0 Å². The number of ether oxygens (including phenoxy) is 2. The van der Waals surface area contributed by atoms with Gasteiger partial charge in [0.15, 0.2) is 0 Å². The second kappa shape index (κ2) is 8.55.